The highest BCUT2D eigenvalue weighted by Crippen LogP contribution is 2.32. The molecule has 0 radical (unpaired) electrons. The van der Waals surface area contributed by atoms with E-state index < -0.39 is 0 Å². The molecule has 3 N–H and O–H groups in total. The van der Waals surface area contributed by atoms with E-state index in [1.54, 1.807) is 7.11 Å². The van der Waals surface area contributed by atoms with Gasteiger partial charge in [-0.3, -0.25) is 0 Å². The molecular formula is C20H21N5O. The van der Waals surface area contributed by atoms with Crippen molar-refractivity contribution >= 4 is 17.6 Å². The number of aliphatic imine (C=N–C) groups is 1. The fourth-order valence-corrected chi connectivity index (χ4v) is 2.67. The van der Waals surface area contributed by atoms with E-state index in [1.165, 1.54) is 0 Å². The second kappa shape index (κ2) is 7.65. The summed E-state index contributed by atoms with van der Waals surface area (Å²) in [7, 11) is 1.65. The summed E-state index contributed by atoms with van der Waals surface area (Å²) in [5.74, 6) is 1.35. The van der Waals surface area contributed by atoms with Crippen LogP contribution in [-0.4, -0.2) is 23.0 Å². The Hall–Kier alpha value is -3.41. The summed E-state index contributed by atoms with van der Waals surface area (Å²) in [6, 6.07) is 17.7. The number of benzene rings is 2. The molecule has 2 aromatic carbocycles. The molecule has 0 amide bonds. The molecule has 6 nitrogen and oxygen atoms in total. The molecule has 0 aliphatic carbocycles. The predicted octanol–water partition coefficient (Wildman–Crippen LogP) is 3.83. The number of guanidine groups is 1. The maximum absolute atomic E-state index is 6.02. The van der Waals surface area contributed by atoms with Gasteiger partial charge >= 0.3 is 0 Å². The van der Waals surface area contributed by atoms with Gasteiger partial charge in [-0.15, -0.1) is 0 Å². The van der Waals surface area contributed by atoms with Gasteiger partial charge in [-0.1, -0.05) is 30.3 Å². The Kier molecular flexibility index (Phi) is 5.12. The number of hydrogen-bond donors (Lipinski definition) is 2. The van der Waals surface area contributed by atoms with Gasteiger partial charge in [-0.25, -0.2) is 9.97 Å². The van der Waals surface area contributed by atoms with Crippen molar-refractivity contribution in [3.8, 4) is 16.9 Å². The van der Waals surface area contributed by atoms with Crippen molar-refractivity contribution in [2.45, 2.75) is 13.8 Å². The zero-order valence-corrected chi connectivity index (χ0v) is 15.0. The van der Waals surface area contributed by atoms with Gasteiger partial charge in [0.2, 0.25) is 5.96 Å². The van der Waals surface area contributed by atoms with Crippen LogP contribution in [0, 0.1) is 13.8 Å². The van der Waals surface area contributed by atoms with Gasteiger partial charge in [0.05, 0.1) is 7.11 Å². The summed E-state index contributed by atoms with van der Waals surface area (Å²) < 4.78 is 5.47. The molecule has 3 rings (SSSR count). The first-order chi connectivity index (χ1) is 12.5. The SMILES string of the molecule is COc1ccc(N/C(N)=N\c2nc(C)cc(C)n2)cc1-c1ccccc1. The lowest BCUT2D eigenvalue weighted by atomic mass is 10.0. The molecule has 0 fully saturated rings. The van der Waals surface area contributed by atoms with E-state index in [-0.39, 0.29) is 5.96 Å². The highest BCUT2D eigenvalue weighted by molar-refractivity contribution is 5.94. The number of nitrogens with two attached hydrogens (primary N) is 1. The normalized spacial score (nSPS) is 11.3. The highest BCUT2D eigenvalue weighted by atomic mass is 16.5. The average molecular weight is 347 g/mol. The third-order valence-corrected chi connectivity index (χ3v) is 3.75. The van der Waals surface area contributed by atoms with Crippen molar-refractivity contribution in [3.05, 3.63) is 66.0 Å². The Morgan fingerprint density at radius 2 is 1.69 bits per heavy atom. The second-order valence-electron chi connectivity index (χ2n) is 5.85. The van der Waals surface area contributed by atoms with Crippen molar-refractivity contribution in [1.82, 2.24) is 9.97 Å². The van der Waals surface area contributed by atoms with Crippen LogP contribution in [-0.2, 0) is 0 Å². The Morgan fingerprint density at radius 3 is 2.35 bits per heavy atom. The number of rotatable bonds is 4. The number of aromatic nitrogens is 2. The first-order valence-corrected chi connectivity index (χ1v) is 8.22. The summed E-state index contributed by atoms with van der Waals surface area (Å²) in [6.45, 7) is 3.79. The van der Waals surface area contributed by atoms with E-state index in [0.717, 1.165) is 34.0 Å². The van der Waals surface area contributed by atoms with Crippen LogP contribution in [0.25, 0.3) is 11.1 Å². The van der Waals surface area contributed by atoms with Gasteiger partial charge in [-0.05, 0) is 43.7 Å². The Balaban J connectivity index is 1.89. The van der Waals surface area contributed by atoms with Crippen molar-refractivity contribution < 1.29 is 4.74 Å². The zero-order valence-electron chi connectivity index (χ0n) is 15.0. The molecule has 0 aliphatic heterocycles. The van der Waals surface area contributed by atoms with Crippen LogP contribution >= 0.6 is 0 Å². The zero-order chi connectivity index (χ0) is 18.5. The molecule has 0 saturated carbocycles. The van der Waals surface area contributed by atoms with Gasteiger partial charge in [0.15, 0.2) is 0 Å². The lowest BCUT2D eigenvalue weighted by molar-refractivity contribution is 0.416. The van der Waals surface area contributed by atoms with E-state index >= 15 is 0 Å². The molecule has 6 heteroatoms. The van der Waals surface area contributed by atoms with E-state index in [9.17, 15) is 0 Å². The standard InChI is InChI=1S/C20H21N5O/c1-13-11-14(2)23-20(22-13)25-19(21)24-16-9-10-18(26-3)17(12-16)15-7-5-4-6-8-15/h4-12H,1-3H3,(H3,21,22,23,24,25). The largest absolute Gasteiger partial charge is 0.496 e. The monoisotopic (exact) mass is 347 g/mol. The molecular weight excluding hydrogens is 326 g/mol. The summed E-state index contributed by atoms with van der Waals surface area (Å²) in [5.41, 5.74) is 10.5. The van der Waals surface area contributed by atoms with Crippen LogP contribution in [0.5, 0.6) is 5.75 Å². The average Bonchev–Trinajstić information content (AvgIpc) is 2.61. The Bertz CT molecular complexity index is 918. The fraction of sp³-hybridized carbons (Fsp3) is 0.150. The quantitative estimate of drug-likeness (QED) is 0.553. The van der Waals surface area contributed by atoms with Gasteiger partial charge in [0.1, 0.15) is 5.75 Å². The minimum absolute atomic E-state index is 0.221. The minimum Gasteiger partial charge on any atom is -0.496 e. The van der Waals surface area contributed by atoms with Crippen molar-refractivity contribution in [1.29, 1.82) is 0 Å². The molecule has 132 valence electrons. The number of anilines is 1. The van der Waals surface area contributed by atoms with E-state index in [1.807, 2.05) is 68.4 Å². The molecule has 3 aromatic rings. The molecule has 1 heterocycles. The van der Waals surface area contributed by atoms with Gasteiger partial charge in [0, 0.05) is 22.6 Å². The van der Waals surface area contributed by atoms with E-state index in [2.05, 4.69) is 20.3 Å². The van der Waals surface area contributed by atoms with Crippen LogP contribution in [0.2, 0.25) is 0 Å². The molecule has 0 atom stereocenters. The van der Waals surface area contributed by atoms with Gasteiger partial charge < -0.3 is 15.8 Å². The molecule has 0 spiro atoms. The molecule has 0 unspecified atom stereocenters. The topological polar surface area (TPSA) is 85.4 Å². The van der Waals surface area contributed by atoms with E-state index in [0.29, 0.717) is 5.95 Å². The van der Waals surface area contributed by atoms with Crippen LogP contribution in [0.15, 0.2) is 59.6 Å². The van der Waals surface area contributed by atoms with Crippen molar-refractivity contribution in [3.63, 3.8) is 0 Å². The molecule has 0 aliphatic rings. The lowest BCUT2D eigenvalue weighted by Gasteiger charge is -2.12. The summed E-state index contributed by atoms with van der Waals surface area (Å²) in [4.78, 5) is 12.8. The number of nitrogens with one attached hydrogen (secondary N) is 1. The first-order valence-electron chi connectivity index (χ1n) is 8.22. The summed E-state index contributed by atoms with van der Waals surface area (Å²) in [6.07, 6.45) is 0. The number of nitrogens with zero attached hydrogens (tertiary/aromatic N) is 3. The first kappa shape index (κ1) is 17.4. The Morgan fingerprint density at radius 1 is 1.00 bits per heavy atom. The van der Waals surface area contributed by atoms with Crippen LogP contribution in [0.1, 0.15) is 11.4 Å². The lowest BCUT2D eigenvalue weighted by Crippen LogP contribution is -2.22. The minimum atomic E-state index is 0.221. The smallest absolute Gasteiger partial charge is 0.253 e. The van der Waals surface area contributed by atoms with Gasteiger partial charge in [-0.2, -0.15) is 4.99 Å². The highest BCUT2D eigenvalue weighted by Gasteiger charge is 2.08. The van der Waals surface area contributed by atoms with Crippen LogP contribution in [0.4, 0.5) is 11.6 Å². The third-order valence-electron chi connectivity index (χ3n) is 3.75. The summed E-state index contributed by atoms with van der Waals surface area (Å²) in [5, 5.41) is 3.08. The molecule has 26 heavy (non-hydrogen) atoms. The van der Waals surface area contributed by atoms with Crippen molar-refractivity contribution in [2.24, 2.45) is 10.7 Å². The van der Waals surface area contributed by atoms with Crippen molar-refractivity contribution in [2.75, 3.05) is 12.4 Å². The predicted molar refractivity (Wildman–Crippen MR) is 105 cm³/mol. The third kappa shape index (κ3) is 4.16. The maximum atomic E-state index is 6.02. The number of ether oxygens (including phenoxy) is 1. The maximum Gasteiger partial charge on any atom is 0.253 e. The molecule has 0 bridgehead atoms. The number of methoxy groups -OCH3 is 1. The summed E-state index contributed by atoms with van der Waals surface area (Å²) >= 11 is 0. The van der Waals surface area contributed by atoms with Gasteiger partial charge in [0.25, 0.3) is 5.95 Å². The Labute approximate surface area is 152 Å². The fourth-order valence-electron chi connectivity index (χ4n) is 2.67. The second-order valence-corrected chi connectivity index (χ2v) is 5.85. The van der Waals surface area contributed by atoms with Crippen LogP contribution in [0.3, 0.4) is 0 Å². The van der Waals surface area contributed by atoms with E-state index in [4.69, 9.17) is 10.5 Å². The molecule has 1 aromatic heterocycles. The van der Waals surface area contributed by atoms with Crippen LogP contribution < -0.4 is 15.8 Å². The number of hydrogen-bond acceptors (Lipinski definition) is 4. The number of aryl methyl sites for hydroxylation is 2. The molecule has 0 saturated heterocycles.